The third-order valence-corrected chi connectivity index (χ3v) is 10.5. The van der Waals surface area contributed by atoms with E-state index >= 15 is 0 Å². The van der Waals surface area contributed by atoms with Crippen molar-refractivity contribution in [2.24, 2.45) is 11.3 Å². The largest absolute Gasteiger partial charge is 0.497 e. The molecule has 10 nitrogen and oxygen atoms in total. The Morgan fingerprint density at radius 1 is 0.936 bits per heavy atom. The van der Waals surface area contributed by atoms with Crippen LogP contribution >= 0.6 is 0 Å². The fourth-order valence-electron chi connectivity index (χ4n) is 7.50. The van der Waals surface area contributed by atoms with Crippen molar-refractivity contribution in [2.75, 3.05) is 71.0 Å². The molecule has 3 fully saturated rings. The third kappa shape index (κ3) is 8.16. The average molecular weight is 644 g/mol. The SMILES string of the molecule is COc1ccc(N2CCN(C(=O)CN3CC[C@H]4NC(=O)[C@H](Cc5ccccc5)NC(=O)C5(CC=CC[C@H]4C3)CCOCC5)CC2)cc1. The molecule has 0 saturated carbocycles. The lowest BCUT2D eigenvalue weighted by atomic mass is 9.75. The molecule has 47 heavy (non-hydrogen) atoms. The molecule has 0 bridgehead atoms. The Morgan fingerprint density at radius 2 is 1.68 bits per heavy atom. The Morgan fingerprint density at radius 3 is 2.40 bits per heavy atom. The van der Waals surface area contributed by atoms with E-state index in [0.717, 1.165) is 56.0 Å². The third-order valence-electron chi connectivity index (χ3n) is 10.5. The van der Waals surface area contributed by atoms with Crippen LogP contribution in [0.3, 0.4) is 0 Å². The van der Waals surface area contributed by atoms with Crippen molar-refractivity contribution in [1.29, 1.82) is 0 Å². The number of nitrogens with one attached hydrogen (secondary N) is 2. The summed E-state index contributed by atoms with van der Waals surface area (Å²) in [7, 11) is 1.67. The first-order chi connectivity index (χ1) is 22.9. The summed E-state index contributed by atoms with van der Waals surface area (Å²) in [5, 5.41) is 6.51. The smallest absolute Gasteiger partial charge is 0.243 e. The molecule has 0 aliphatic carbocycles. The van der Waals surface area contributed by atoms with Gasteiger partial charge in [0, 0.05) is 70.6 Å². The molecule has 4 aliphatic rings. The molecular weight excluding hydrogens is 594 g/mol. The van der Waals surface area contributed by atoms with Crippen molar-refractivity contribution in [2.45, 2.75) is 50.6 Å². The number of piperazine rings is 1. The number of carbonyl (C=O) groups is 3. The quantitative estimate of drug-likeness (QED) is 0.467. The Hall–Kier alpha value is -3.89. The van der Waals surface area contributed by atoms with Crippen molar-refractivity contribution in [3.63, 3.8) is 0 Å². The van der Waals surface area contributed by atoms with E-state index in [-0.39, 0.29) is 29.7 Å². The van der Waals surface area contributed by atoms with E-state index in [1.54, 1.807) is 7.11 Å². The van der Waals surface area contributed by atoms with Crippen molar-refractivity contribution in [3.8, 4) is 5.75 Å². The van der Waals surface area contributed by atoms with Crippen LogP contribution in [0.5, 0.6) is 5.75 Å². The number of ether oxygens (including phenoxy) is 2. The van der Waals surface area contributed by atoms with E-state index < -0.39 is 11.5 Å². The molecule has 3 amide bonds. The topological polar surface area (TPSA) is 103 Å². The number of rotatable bonds is 6. The number of fused-ring (bicyclic) bond motifs is 1. The minimum atomic E-state index is -0.662. The van der Waals surface area contributed by atoms with Gasteiger partial charge in [-0.3, -0.25) is 19.3 Å². The van der Waals surface area contributed by atoms with E-state index in [4.69, 9.17) is 9.47 Å². The lowest BCUT2D eigenvalue weighted by molar-refractivity contribution is -0.140. The number of anilines is 1. The van der Waals surface area contributed by atoms with Crippen molar-refractivity contribution < 1.29 is 23.9 Å². The predicted molar refractivity (Wildman–Crippen MR) is 181 cm³/mol. The van der Waals surface area contributed by atoms with Crippen LogP contribution in [-0.2, 0) is 25.5 Å². The van der Waals surface area contributed by atoms with Crippen LogP contribution in [0.1, 0.15) is 37.7 Å². The molecular formula is C37H49N5O5. The predicted octanol–water partition coefficient (Wildman–Crippen LogP) is 3.02. The maximum atomic E-state index is 13.9. The van der Waals surface area contributed by atoms with Crippen molar-refractivity contribution in [3.05, 3.63) is 72.3 Å². The Kier molecular flexibility index (Phi) is 10.8. The van der Waals surface area contributed by atoms with Gasteiger partial charge in [0.05, 0.1) is 19.1 Å². The summed E-state index contributed by atoms with van der Waals surface area (Å²) in [5.41, 5.74) is 1.58. The Labute approximate surface area is 278 Å². The summed E-state index contributed by atoms with van der Waals surface area (Å²) >= 11 is 0. The van der Waals surface area contributed by atoms with Gasteiger partial charge in [0.25, 0.3) is 0 Å². The number of nitrogens with zero attached hydrogens (tertiary/aromatic N) is 3. The van der Waals surface area contributed by atoms with Crippen LogP contribution in [0, 0.1) is 11.3 Å². The van der Waals surface area contributed by atoms with Crippen molar-refractivity contribution >= 4 is 23.4 Å². The van der Waals surface area contributed by atoms with Gasteiger partial charge in [0.2, 0.25) is 17.7 Å². The van der Waals surface area contributed by atoms with Gasteiger partial charge >= 0.3 is 0 Å². The number of likely N-dealkylation sites (tertiary alicyclic amines) is 1. The lowest BCUT2D eigenvalue weighted by Crippen LogP contribution is -2.59. The summed E-state index contributed by atoms with van der Waals surface area (Å²) < 4.78 is 10.9. The fourth-order valence-corrected chi connectivity index (χ4v) is 7.50. The van der Waals surface area contributed by atoms with Crippen LogP contribution in [0.15, 0.2) is 66.7 Å². The van der Waals surface area contributed by atoms with Gasteiger partial charge in [-0.15, -0.1) is 0 Å². The second kappa shape index (κ2) is 15.3. The van der Waals surface area contributed by atoms with Gasteiger partial charge < -0.3 is 29.9 Å². The summed E-state index contributed by atoms with van der Waals surface area (Å²) in [6, 6.07) is 17.3. The van der Waals surface area contributed by atoms with E-state index in [9.17, 15) is 14.4 Å². The Bertz CT molecular complexity index is 1390. The van der Waals surface area contributed by atoms with Gasteiger partial charge in [-0.1, -0.05) is 42.5 Å². The molecule has 3 atom stereocenters. The van der Waals surface area contributed by atoms with E-state index in [1.165, 1.54) is 0 Å². The zero-order chi connectivity index (χ0) is 32.6. The molecule has 2 N–H and O–H groups in total. The molecule has 2 aromatic rings. The van der Waals surface area contributed by atoms with Gasteiger partial charge in [-0.2, -0.15) is 0 Å². The molecule has 4 aliphatic heterocycles. The molecule has 10 heteroatoms. The highest BCUT2D eigenvalue weighted by Gasteiger charge is 2.41. The molecule has 3 saturated heterocycles. The maximum absolute atomic E-state index is 13.9. The number of methoxy groups -OCH3 is 1. The standard InChI is InChI=1S/C37H49N5O5/c1-46-31-12-10-30(11-13-31)41-19-21-42(22-20-41)34(43)27-40-18-14-32-29(26-40)9-5-6-15-37(16-23-47-24-17-37)36(45)39-33(35(44)38-32)25-28-7-3-2-4-8-28/h2-8,10-13,29,32-33H,9,14-27H2,1H3,(H,38,44)(H,39,45)/t29-,32+,33-/m0/s1. The van der Waals surface area contributed by atoms with Crippen LogP contribution < -0.4 is 20.3 Å². The average Bonchev–Trinajstić information content (AvgIpc) is 3.11. The minimum Gasteiger partial charge on any atom is -0.497 e. The minimum absolute atomic E-state index is 0.0295. The molecule has 4 heterocycles. The normalized spacial score (nSPS) is 25.6. The lowest BCUT2D eigenvalue weighted by Gasteiger charge is -2.41. The zero-order valence-electron chi connectivity index (χ0n) is 27.6. The number of hydrogen-bond donors (Lipinski definition) is 2. The molecule has 0 radical (unpaired) electrons. The highest BCUT2D eigenvalue weighted by atomic mass is 16.5. The molecule has 6 rings (SSSR count). The first-order valence-electron chi connectivity index (χ1n) is 17.2. The number of piperidine rings is 1. The monoisotopic (exact) mass is 643 g/mol. The number of amides is 3. The molecule has 0 aromatic heterocycles. The zero-order valence-corrected chi connectivity index (χ0v) is 27.6. The first-order valence-corrected chi connectivity index (χ1v) is 17.2. The molecule has 252 valence electrons. The second-order valence-electron chi connectivity index (χ2n) is 13.5. The molecule has 0 unspecified atom stereocenters. The summed E-state index contributed by atoms with van der Waals surface area (Å²) in [5.74, 6) is 0.976. The Balaban J connectivity index is 1.10. The number of allylic oxidation sites excluding steroid dienone is 2. The molecule has 1 spiro atoms. The first kappa shape index (κ1) is 33.0. The van der Waals surface area contributed by atoms with E-state index in [2.05, 4.69) is 44.7 Å². The van der Waals surface area contributed by atoms with Gasteiger partial charge in [-0.05, 0) is 67.9 Å². The van der Waals surface area contributed by atoms with Gasteiger partial charge in [-0.25, -0.2) is 0 Å². The summed E-state index contributed by atoms with van der Waals surface area (Å²) in [6.45, 7) is 5.95. The van der Waals surface area contributed by atoms with E-state index in [1.807, 2.05) is 47.4 Å². The number of carbonyl (C=O) groups excluding carboxylic acids is 3. The highest BCUT2D eigenvalue weighted by molar-refractivity contribution is 5.90. The fraction of sp³-hybridized carbons (Fsp3) is 0.541. The van der Waals surface area contributed by atoms with Crippen LogP contribution in [0.2, 0.25) is 0 Å². The van der Waals surface area contributed by atoms with Crippen LogP contribution in [0.4, 0.5) is 5.69 Å². The maximum Gasteiger partial charge on any atom is 0.243 e. The van der Waals surface area contributed by atoms with E-state index in [0.29, 0.717) is 58.5 Å². The summed E-state index contributed by atoms with van der Waals surface area (Å²) in [4.78, 5) is 47.7. The van der Waals surface area contributed by atoms with Crippen molar-refractivity contribution in [1.82, 2.24) is 20.4 Å². The highest BCUT2D eigenvalue weighted by Crippen LogP contribution is 2.36. The van der Waals surface area contributed by atoms with Crippen LogP contribution in [0.25, 0.3) is 0 Å². The number of benzene rings is 2. The number of hydrogen-bond acceptors (Lipinski definition) is 7. The van der Waals surface area contributed by atoms with Gasteiger partial charge in [0.15, 0.2) is 0 Å². The van der Waals surface area contributed by atoms with Gasteiger partial charge in [0.1, 0.15) is 11.8 Å². The van der Waals surface area contributed by atoms with Crippen LogP contribution in [-0.4, -0.2) is 106 Å². The second-order valence-corrected chi connectivity index (χ2v) is 13.5. The molecule has 2 aromatic carbocycles. The summed E-state index contributed by atoms with van der Waals surface area (Å²) in [6.07, 6.45) is 8.22.